The van der Waals surface area contributed by atoms with Gasteiger partial charge in [0.15, 0.2) is 0 Å². The summed E-state index contributed by atoms with van der Waals surface area (Å²) in [4.78, 5) is 10.3. The topological polar surface area (TPSA) is 46.5 Å². The average molecular weight is 280 g/mol. The molecule has 3 nitrogen and oxygen atoms in total. The lowest BCUT2D eigenvalue weighted by Crippen LogP contribution is -2.06. The lowest BCUT2D eigenvalue weighted by atomic mass is 10.1. The fourth-order valence-electron chi connectivity index (χ4n) is 1.69. The van der Waals surface area contributed by atoms with E-state index in [0.717, 1.165) is 25.7 Å². The van der Waals surface area contributed by atoms with E-state index in [9.17, 15) is 4.79 Å². The van der Waals surface area contributed by atoms with E-state index in [1.165, 1.54) is 16.7 Å². The molecule has 1 N–H and O–H groups in total. The van der Waals surface area contributed by atoms with Crippen molar-refractivity contribution in [3.8, 4) is 0 Å². The second-order valence-electron chi connectivity index (χ2n) is 5.37. The number of carboxylic acids is 1. The van der Waals surface area contributed by atoms with Crippen molar-refractivity contribution in [2.45, 2.75) is 53.4 Å². The fourth-order valence-corrected chi connectivity index (χ4v) is 1.69. The second-order valence-corrected chi connectivity index (χ2v) is 5.37. The number of hydrogen-bond acceptors (Lipinski definition) is 2. The third-order valence-corrected chi connectivity index (χ3v) is 2.90. The fraction of sp³-hybridized carbons (Fsp3) is 0.588. The minimum absolute atomic E-state index is 0.229. The SMILES string of the molecule is CC(C)=CCC/C(C)=C/CC/C(C)=C/COCC(=O)O. The first-order valence-corrected chi connectivity index (χ1v) is 7.16. The van der Waals surface area contributed by atoms with Crippen molar-refractivity contribution in [1.29, 1.82) is 0 Å². The first kappa shape index (κ1) is 18.7. The van der Waals surface area contributed by atoms with Gasteiger partial charge in [-0.1, -0.05) is 34.9 Å². The summed E-state index contributed by atoms with van der Waals surface area (Å²) in [5.74, 6) is -0.925. The molecule has 0 amide bonds. The molecule has 0 radical (unpaired) electrons. The average Bonchev–Trinajstić information content (AvgIpc) is 2.34. The van der Waals surface area contributed by atoms with Gasteiger partial charge in [-0.25, -0.2) is 4.79 Å². The first-order valence-electron chi connectivity index (χ1n) is 7.16. The number of ether oxygens (including phenoxy) is 1. The van der Waals surface area contributed by atoms with Crippen LogP contribution in [0.2, 0.25) is 0 Å². The van der Waals surface area contributed by atoms with Gasteiger partial charge >= 0.3 is 5.97 Å². The standard InChI is InChI=1S/C17H28O3/c1-14(2)7-5-8-15(3)9-6-10-16(4)11-12-20-13-17(18)19/h7,9,11H,5-6,8,10,12-13H2,1-4H3,(H,18,19)/b15-9+,16-11+. The smallest absolute Gasteiger partial charge is 0.329 e. The molecular formula is C17H28O3. The summed E-state index contributed by atoms with van der Waals surface area (Å²) in [6, 6.07) is 0. The highest BCUT2D eigenvalue weighted by atomic mass is 16.5. The van der Waals surface area contributed by atoms with Crippen LogP contribution in [-0.4, -0.2) is 24.3 Å². The van der Waals surface area contributed by atoms with E-state index in [1.807, 2.05) is 6.08 Å². The van der Waals surface area contributed by atoms with Gasteiger partial charge in [0.05, 0.1) is 6.61 Å². The summed E-state index contributed by atoms with van der Waals surface area (Å²) in [5.41, 5.74) is 4.04. The van der Waals surface area contributed by atoms with Gasteiger partial charge in [0.2, 0.25) is 0 Å². The Kier molecular flexibility index (Phi) is 10.7. The number of carbonyl (C=O) groups is 1. The van der Waals surface area contributed by atoms with E-state index >= 15 is 0 Å². The Bertz CT molecular complexity index is 372. The Labute approximate surface area is 123 Å². The molecule has 0 unspecified atom stereocenters. The van der Waals surface area contributed by atoms with Gasteiger partial charge in [0.25, 0.3) is 0 Å². The Morgan fingerprint density at radius 1 is 0.950 bits per heavy atom. The predicted octanol–water partition coefficient (Wildman–Crippen LogP) is 4.51. The first-order chi connectivity index (χ1) is 9.41. The van der Waals surface area contributed by atoms with Gasteiger partial charge in [-0.15, -0.1) is 0 Å². The minimum atomic E-state index is -0.925. The molecule has 3 heteroatoms. The largest absolute Gasteiger partial charge is 0.480 e. The summed E-state index contributed by atoms with van der Waals surface area (Å²) >= 11 is 0. The van der Waals surface area contributed by atoms with Crippen LogP contribution in [0.4, 0.5) is 0 Å². The van der Waals surface area contributed by atoms with E-state index in [0.29, 0.717) is 6.61 Å². The van der Waals surface area contributed by atoms with Crippen LogP contribution in [-0.2, 0) is 9.53 Å². The Hall–Kier alpha value is -1.35. The molecule has 0 aliphatic carbocycles. The zero-order valence-electron chi connectivity index (χ0n) is 13.2. The van der Waals surface area contributed by atoms with Gasteiger partial charge in [0.1, 0.15) is 6.61 Å². The molecule has 20 heavy (non-hydrogen) atoms. The summed E-state index contributed by atoms with van der Waals surface area (Å²) in [6.07, 6.45) is 10.8. The van der Waals surface area contributed by atoms with Crippen LogP contribution < -0.4 is 0 Å². The zero-order valence-corrected chi connectivity index (χ0v) is 13.2. The van der Waals surface area contributed by atoms with Crippen LogP contribution in [0, 0.1) is 0 Å². The summed E-state index contributed by atoms with van der Waals surface area (Å²) in [6.45, 7) is 8.62. The number of hydrogen-bond donors (Lipinski definition) is 1. The Morgan fingerprint density at radius 2 is 1.50 bits per heavy atom. The molecule has 0 rings (SSSR count). The third-order valence-electron chi connectivity index (χ3n) is 2.90. The molecule has 0 aromatic carbocycles. The van der Waals surface area contributed by atoms with Crippen molar-refractivity contribution in [2.24, 2.45) is 0 Å². The molecule has 0 fully saturated rings. The third kappa shape index (κ3) is 13.1. The highest BCUT2D eigenvalue weighted by Gasteiger charge is 1.95. The van der Waals surface area contributed by atoms with E-state index in [2.05, 4.69) is 39.8 Å². The van der Waals surface area contributed by atoms with E-state index in [-0.39, 0.29) is 6.61 Å². The van der Waals surface area contributed by atoms with Crippen molar-refractivity contribution >= 4 is 5.97 Å². The second kappa shape index (κ2) is 11.5. The molecule has 0 saturated carbocycles. The molecule has 0 aliphatic rings. The maximum absolute atomic E-state index is 10.3. The van der Waals surface area contributed by atoms with Crippen molar-refractivity contribution in [3.63, 3.8) is 0 Å². The van der Waals surface area contributed by atoms with Crippen molar-refractivity contribution in [2.75, 3.05) is 13.2 Å². The molecule has 0 aromatic heterocycles. The van der Waals surface area contributed by atoms with Gasteiger partial charge in [-0.2, -0.15) is 0 Å². The van der Waals surface area contributed by atoms with E-state index in [4.69, 9.17) is 9.84 Å². The van der Waals surface area contributed by atoms with E-state index in [1.54, 1.807) is 0 Å². The molecule has 114 valence electrons. The number of carboxylic acid groups (broad SMARTS) is 1. The van der Waals surface area contributed by atoms with Crippen LogP contribution in [0.1, 0.15) is 53.4 Å². The lowest BCUT2D eigenvalue weighted by Gasteiger charge is -2.02. The predicted molar refractivity (Wildman–Crippen MR) is 83.9 cm³/mol. The van der Waals surface area contributed by atoms with Gasteiger partial charge in [-0.05, 0) is 53.4 Å². The van der Waals surface area contributed by atoms with Gasteiger partial charge in [0, 0.05) is 0 Å². The zero-order chi connectivity index (χ0) is 15.4. The quantitative estimate of drug-likeness (QED) is 0.473. The number of rotatable bonds is 10. The number of allylic oxidation sites excluding steroid dienone is 5. The molecular weight excluding hydrogens is 252 g/mol. The number of aliphatic carboxylic acids is 1. The van der Waals surface area contributed by atoms with E-state index < -0.39 is 5.97 Å². The lowest BCUT2D eigenvalue weighted by molar-refractivity contribution is -0.141. The molecule has 0 atom stereocenters. The van der Waals surface area contributed by atoms with Crippen LogP contribution in [0.25, 0.3) is 0 Å². The monoisotopic (exact) mass is 280 g/mol. The van der Waals surface area contributed by atoms with Crippen molar-refractivity contribution in [1.82, 2.24) is 0 Å². The highest BCUT2D eigenvalue weighted by molar-refractivity contribution is 5.67. The summed E-state index contributed by atoms with van der Waals surface area (Å²) in [7, 11) is 0. The highest BCUT2D eigenvalue weighted by Crippen LogP contribution is 2.11. The van der Waals surface area contributed by atoms with Crippen LogP contribution in [0.3, 0.4) is 0 Å². The van der Waals surface area contributed by atoms with Crippen LogP contribution in [0.15, 0.2) is 34.9 Å². The molecule has 0 saturated heterocycles. The maximum atomic E-state index is 10.3. The molecule has 0 aromatic rings. The summed E-state index contributed by atoms with van der Waals surface area (Å²) < 4.78 is 4.97. The minimum Gasteiger partial charge on any atom is -0.480 e. The van der Waals surface area contributed by atoms with Crippen LogP contribution in [0.5, 0.6) is 0 Å². The Balaban J connectivity index is 3.82. The normalized spacial score (nSPS) is 12.4. The Morgan fingerprint density at radius 3 is 2.05 bits per heavy atom. The molecule has 0 spiro atoms. The molecule has 0 aliphatic heterocycles. The van der Waals surface area contributed by atoms with Gasteiger partial charge < -0.3 is 9.84 Å². The van der Waals surface area contributed by atoms with Crippen molar-refractivity contribution < 1.29 is 14.6 Å². The van der Waals surface area contributed by atoms with Crippen LogP contribution >= 0.6 is 0 Å². The maximum Gasteiger partial charge on any atom is 0.329 e. The molecule has 0 heterocycles. The van der Waals surface area contributed by atoms with Gasteiger partial charge in [-0.3, -0.25) is 0 Å². The molecule has 0 bridgehead atoms. The summed E-state index contributed by atoms with van der Waals surface area (Å²) in [5, 5.41) is 8.43. The van der Waals surface area contributed by atoms with Crippen molar-refractivity contribution in [3.05, 3.63) is 34.9 Å².